The van der Waals surface area contributed by atoms with Crippen molar-refractivity contribution in [3.8, 4) is 11.1 Å². The molecule has 4 heteroatoms. The Balaban J connectivity index is 1.82. The minimum Gasteiger partial charge on any atom is -0.481 e. The van der Waals surface area contributed by atoms with E-state index >= 15 is 4.39 Å². The van der Waals surface area contributed by atoms with E-state index in [1.165, 1.54) is 0 Å². The van der Waals surface area contributed by atoms with Crippen molar-refractivity contribution < 1.29 is 14.3 Å². The Morgan fingerprint density at radius 2 is 1.41 bits per heavy atom. The molecule has 2 unspecified atom stereocenters. The van der Waals surface area contributed by atoms with E-state index in [4.69, 9.17) is 0 Å². The standard InChI is InChI=1S/C30H28FNO2/c1-22(24-14-7-3-8-15-24)32(21-23-12-5-2-6-13-23)28(20-29(33)34)27-19-11-18-26(30(27)31)25-16-9-4-10-17-25/h2-19,22,28H,20-21H2,1H3,(H,33,34). The molecular weight excluding hydrogens is 425 g/mol. The first kappa shape index (κ1) is 23.4. The zero-order valence-electron chi connectivity index (χ0n) is 19.1. The molecule has 0 aliphatic rings. The Bertz CT molecular complexity index is 1210. The average molecular weight is 454 g/mol. The number of carboxylic acid groups (broad SMARTS) is 1. The molecule has 0 saturated heterocycles. The van der Waals surface area contributed by atoms with Crippen LogP contribution in [-0.2, 0) is 11.3 Å². The Hall–Kier alpha value is -3.76. The van der Waals surface area contributed by atoms with Gasteiger partial charge < -0.3 is 5.11 Å². The van der Waals surface area contributed by atoms with Crippen LogP contribution < -0.4 is 0 Å². The summed E-state index contributed by atoms with van der Waals surface area (Å²) in [5.74, 6) is -1.34. The van der Waals surface area contributed by atoms with E-state index in [-0.39, 0.29) is 18.3 Å². The molecule has 0 aromatic heterocycles. The molecule has 4 aromatic rings. The quantitative estimate of drug-likeness (QED) is 0.290. The molecule has 0 saturated carbocycles. The van der Waals surface area contributed by atoms with Crippen LogP contribution in [0.5, 0.6) is 0 Å². The molecule has 0 aliphatic heterocycles. The zero-order chi connectivity index (χ0) is 23.9. The van der Waals surface area contributed by atoms with Crippen molar-refractivity contribution in [2.75, 3.05) is 0 Å². The third kappa shape index (κ3) is 5.41. The van der Waals surface area contributed by atoms with Gasteiger partial charge in [0.05, 0.1) is 6.42 Å². The monoisotopic (exact) mass is 453 g/mol. The molecular formula is C30H28FNO2. The van der Waals surface area contributed by atoms with E-state index < -0.39 is 12.0 Å². The van der Waals surface area contributed by atoms with Crippen molar-refractivity contribution in [1.29, 1.82) is 0 Å². The third-order valence-corrected chi connectivity index (χ3v) is 6.23. The smallest absolute Gasteiger partial charge is 0.305 e. The van der Waals surface area contributed by atoms with E-state index in [1.54, 1.807) is 12.1 Å². The van der Waals surface area contributed by atoms with Crippen LogP contribution in [0.25, 0.3) is 11.1 Å². The highest BCUT2D eigenvalue weighted by molar-refractivity contribution is 5.69. The predicted octanol–water partition coefficient (Wildman–Crippen LogP) is 7.27. The number of hydrogen-bond donors (Lipinski definition) is 1. The van der Waals surface area contributed by atoms with Crippen LogP contribution in [0.4, 0.5) is 4.39 Å². The van der Waals surface area contributed by atoms with Gasteiger partial charge in [-0.2, -0.15) is 0 Å². The number of aliphatic carboxylic acids is 1. The van der Waals surface area contributed by atoms with Crippen LogP contribution in [0.1, 0.15) is 42.1 Å². The summed E-state index contributed by atoms with van der Waals surface area (Å²) in [6.45, 7) is 2.54. The summed E-state index contributed by atoms with van der Waals surface area (Å²) in [7, 11) is 0. The van der Waals surface area contributed by atoms with Crippen LogP contribution in [0.15, 0.2) is 109 Å². The highest BCUT2D eigenvalue weighted by atomic mass is 19.1. The number of nitrogens with zero attached hydrogens (tertiary/aromatic N) is 1. The minimum atomic E-state index is -0.965. The topological polar surface area (TPSA) is 40.5 Å². The van der Waals surface area contributed by atoms with Crippen LogP contribution >= 0.6 is 0 Å². The lowest BCUT2D eigenvalue weighted by atomic mass is 9.93. The zero-order valence-corrected chi connectivity index (χ0v) is 19.1. The fraction of sp³-hybridized carbons (Fsp3) is 0.167. The highest BCUT2D eigenvalue weighted by Crippen LogP contribution is 2.38. The van der Waals surface area contributed by atoms with Gasteiger partial charge in [-0.05, 0) is 23.6 Å². The number of hydrogen-bond acceptors (Lipinski definition) is 2. The molecule has 1 N–H and O–H groups in total. The second-order valence-corrected chi connectivity index (χ2v) is 8.43. The van der Waals surface area contributed by atoms with Crippen LogP contribution in [0.2, 0.25) is 0 Å². The Morgan fingerprint density at radius 1 is 0.824 bits per heavy atom. The lowest BCUT2D eigenvalue weighted by molar-refractivity contribution is -0.138. The van der Waals surface area contributed by atoms with Crippen LogP contribution in [-0.4, -0.2) is 16.0 Å². The molecule has 0 amide bonds. The lowest BCUT2D eigenvalue weighted by Gasteiger charge is -2.37. The fourth-order valence-corrected chi connectivity index (χ4v) is 4.45. The number of carboxylic acids is 1. The predicted molar refractivity (Wildman–Crippen MR) is 134 cm³/mol. The number of halogens is 1. The average Bonchev–Trinajstić information content (AvgIpc) is 2.87. The summed E-state index contributed by atoms with van der Waals surface area (Å²) in [6.07, 6.45) is -0.209. The van der Waals surface area contributed by atoms with Gasteiger partial charge in [-0.1, -0.05) is 109 Å². The molecule has 3 nitrogen and oxygen atoms in total. The van der Waals surface area contributed by atoms with Gasteiger partial charge in [0.1, 0.15) is 5.82 Å². The molecule has 0 fully saturated rings. The first-order valence-electron chi connectivity index (χ1n) is 11.4. The Kier molecular flexibility index (Phi) is 7.51. The molecule has 0 heterocycles. The molecule has 4 rings (SSSR count). The van der Waals surface area contributed by atoms with E-state index in [9.17, 15) is 9.90 Å². The lowest BCUT2D eigenvalue weighted by Crippen LogP contribution is -2.33. The van der Waals surface area contributed by atoms with Gasteiger partial charge in [-0.15, -0.1) is 0 Å². The minimum absolute atomic E-state index is 0.134. The maximum absolute atomic E-state index is 16.0. The van der Waals surface area contributed by atoms with Crippen LogP contribution in [0.3, 0.4) is 0 Å². The largest absolute Gasteiger partial charge is 0.481 e. The van der Waals surface area contributed by atoms with Crippen molar-refractivity contribution in [1.82, 2.24) is 4.90 Å². The molecule has 0 aliphatic carbocycles. The SMILES string of the molecule is CC(c1ccccc1)N(Cc1ccccc1)C(CC(=O)O)c1cccc(-c2ccccc2)c1F. The first-order valence-corrected chi connectivity index (χ1v) is 11.4. The normalized spacial score (nSPS) is 12.9. The Morgan fingerprint density at radius 3 is 2.03 bits per heavy atom. The van der Waals surface area contributed by atoms with E-state index in [1.807, 2.05) is 104 Å². The van der Waals surface area contributed by atoms with Gasteiger partial charge in [-0.3, -0.25) is 9.69 Å². The van der Waals surface area contributed by atoms with E-state index in [0.29, 0.717) is 17.7 Å². The molecule has 172 valence electrons. The van der Waals surface area contributed by atoms with Gasteiger partial charge in [0.2, 0.25) is 0 Å². The number of carbonyl (C=O) groups is 1. The molecule has 0 radical (unpaired) electrons. The van der Waals surface area contributed by atoms with Gasteiger partial charge in [-0.25, -0.2) is 4.39 Å². The van der Waals surface area contributed by atoms with Gasteiger partial charge in [0.15, 0.2) is 0 Å². The van der Waals surface area contributed by atoms with Crippen LogP contribution in [0, 0.1) is 5.82 Å². The number of benzene rings is 4. The second kappa shape index (κ2) is 10.9. The van der Waals surface area contributed by atoms with E-state index in [0.717, 1.165) is 16.7 Å². The number of rotatable bonds is 9. The highest BCUT2D eigenvalue weighted by Gasteiger charge is 2.31. The first-order chi connectivity index (χ1) is 16.5. The van der Waals surface area contributed by atoms with Crippen molar-refractivity contribution >= 4 is 5.97 Å². The summed E-state index contributed by atoms with van der Waals surface area (Å²) < 4.78 is 16.0. The van der Waals surface area contributed by atoms with Gasteiger partial charge >= 0.3 is 5.97 Å². The van der Waals surface area contributed by atoms with Crippen molar-refractivity contribution in [3.05, 3.63) is 132 Å². The molecule has 34 heavy (non-hydrogen) atoms. The van der Waals surface area contributed by atoms with Crippen molar-refractivity contribution in [3.63, 3.8) is 0 Å². The fourth-order valence-electron chi connectivity index (χ4n) is 4.45. The third-order valence-electron chi connectivity index (χ3n) is 6.23. The summed E-state index contributed by atoms with van der Waals surface area (Å²) >= 11 is 0. The summed E-state index contributed by atoms with van der Waals surface area (Å²) in [5.41, 5.74) is 3.72. The molecule has 4 aromatic carbocycles. The van der Waals surface area contributed by atoms with Gasteiger partial charge in [0.25, 0.3) is 0 Å². The second-order valence-electron chi connectivity index (χ2n) is 8.43. The maximum Gasteiger partial charge on any atom is 0.305 e. The van der Waals surface area contributed by atoms with E-state index in [2.05, 4.69) is 4.90 Å². The molecule has 2 atom stereocenters. The van der Waals surface area contributed by atoms with Gasteiger partial charge in [0, 0.05) is 29.8 Å². The van der Waals surface area contributed by atoms with Crippen molar-refractivity contribution in [2.45, 2.75) is 32.0 Å². The Labute approximate surface area is 200 Å². The summed E-state index contributed by atoms with van der Waals surface area (Å²) in [6, 6.07) is 33.7. The maximum atomic E-state index is 16.0. The molecule has 0 bridgehead atoms. The molecule has 0 spiro atoms. The van der Waals surface area contributed by atoms with Crippen molar-refractivity contribution in [2.24, 2.45) is 0 Å². The summed E-state index contributed by atoms with van der Waals surface area (Å²) in [5, 5.41) is 9.84. The summed E-state index contributed by atoms with van der Waals surface area (Å²) in [4.78, 5) is 14.1.